The Morgan fingerprint density at radius 3 is 2.35 bits per heavy atom. The highest BCUT2D eigenvalue weighted by Gasteiger charge is 2.00. The Morgan fingerprint density at radius 1 is 1.09 bits per heavy atom. The van der Waals surface area contributed by atoms with E-state index < -0.39 is 0 Å². The summed E-state index contributed by atoms with van der Waals surface area (Å²) < 4.78 is 5.62. The molecule has 0 unspecified atom stereocenters. The van der Waals surface area contributed by atoms with E-state index in [9.17, 15) is 4.79 Å². The van der Waals surface area contributed by atoms with Crippen LogP contribution in [0.15, 0.2) is 54.6 Å². The SMILES string of the molecule is Cc1ccc(/C=C/C(=O)Nc2ccc(OCC(C)C)cc2)cc1. The first-order chi connectivity index (χ1) is 11.0. The zero-order valence-electron chi connectivity index (χ0n) is 13.9. The molecule has 0 aliphatic rings. The van der Waals surface area contributed by atoms with E-state index in [1.165, 1.54) is 11.6 Å². The number of nitrogens with one attached hydrogen (secondary N) is 1. The van der Waals surface area contributed by atoms with E-state index in [4.69, 9.17) is 4.74 Å². The molecule has 0 saturated heterocycles. The molecular formula is C20H23NO2. The lowest BCUT2D eigenvalue weighted by atomic mass is 10.1. The summed E-state index contributed by atoms with van der Waals surface area (Å²) in [6, 6.07) is 15.4. The zero-order chi connectivity index (χ0) is 16.7. The fraction of sp³-hybridized carbons (Fsp3) is 0.250. The maximum Gasteiger partial charge on any atom is 0.248 e. The maximum atomic E-state index is 11.9. The maximum absolute atomic E-state index is 11.9. The minimum absolute atomic E-state index is 0.151. The molecule has 1 amide bonds. The molecule has 23 heavy (non-hydrogen) atoms. The van der Waals surface area contributed by atoms with Crippen molar-refractivity contribution in [2.75, 3.05) is 11.9 Å². The smallest absolute Gasteiger partial charge is 0.248 e. The number of amides is 1. The fourth-order valence-corrected chi connectivity index (χ4v) is 1.93. The number of rotatable bonds is 6. The van der Waals surface area contributed by atoms with E-state index in [1.54, 1.807) is 6.08 Å². The van der Waals surface area contributed by atoms with Gasteiger partial charge in [0.15, 0.2) is 0 Å². The highest BCUT2D eigenvalue weighted by molar-refractivity contribution is 6.01. The van der Waals surface area contributed by atoms with Crippen molar-refractivity contribution in [3.05, 3.63) is 65.7 Å². The molecule has 0 atom stereocenters. The normalized spacial score (nSPS) is 11.0. The van der Waals surface area contributed by atoms with Crippen molar-refractivity contribution in [3.8, 4) is 5.75 Å². The molecule has 2 aromatic carbocycles. The van der Waals surface area contributed by atoms with E-state index in [-0.39, 0.29) is 5.91 Å². The summed E-state index contributed by atoms with van der Waals surface area (Å²) in [6.07, 6.45) is 3.34. The van der Waals surface area contributed by atoms with Gasteiger partial charge in [0.05, 0.1) is 6.61 Å². The lowest BCUT2D eigenvalue weighted by Crippen LogP contribution is -2.08. The molecule has 0 aliphatic heterocycles. The number of carbonyl (C=O) groups excluding carboxylic acids is 1. The number of carbonyl (C=O) groups is 1. The van der Waals surface area contributed by atoms with Crippen LogP contribution in [-0.4, -0.2) is 12.5 Å². The van der Waals surface area contributed by atoms with Gasteiger partial charge in [0, 0.05) is 11.8 Å². The summed E-state index contributed by atoms with van der Waals surface area (Å²) >= 11 is 0. The molecule has 1 N–H and O–H groups in total. The van der Waals surface area contributed by atoms with E-state index in [0.717, 1.165) is 17.0 Å². The number of hydrogen-bond acceptors (Lipinski definition) is 2. The fourth-order valence-electron chi connectivity index (χ4n) is 1.93. The zero-order valence-corrected chi connectivity index (χ0v) is 13.9. The van der Waals surface area contributed by atoms with Crippen LogP contribution in [0.1, 0.15) is 25.0 Å². The van der Waals surface area contributed by atoms with E-state index >= 15 is 0 Å². The molecule has 2 aromatic rings. The second-order valence-corrected chi connectivity index (χ2v) is 5.96. The average Bonchev–Trinajstić information content (AvgIpc) is 2.53. The number of anilines is 1. The monoisotopic (exact) mass is 309 g/mol. The van der Waals surface area contributed by atoms with Crippen molar-refractivity contribution < 1.29 is 9.53 Å². The molecular weight excluding hydrogens is 286 g/mol. The predicted molar refractivity (Wildman–Crippen MR) is 95.6 cm³/mol. The summed E-state index contributed by atoms with van der Waals surface area (Å²) in [5.41, 5.74) is 2.95. The number of benzene rings is 2. The summed E-state index contributed by atoms with van der Waals surface area (Å²) in [6.45, 7) is 6.93. The van der Waals surface area contributed by atoms with Gasteiger partial charge in [-0.15, -0.1) is 0 Å². The van der Waals surface area contributed by atoms with Crippen molar-refractivity contribution in [3.63, 3.8) is 0 Å². The Kier molecular flexibility index (Phi) is 5.98. The summed E-state index contributed by atoms with van der Waals surface area (Å²) in [4.78, 5) is 11.9. The summed E-state index contributed by atoms with van der Waals surface area (Å²) in [5, 5.41) is 2.83. The highest BCUT2D eigenvalue weighted by Crippen LogP contribution is 2.16. The molecule has 0 saturated carbocycles. The van der Waals surface area contributed by atoms with Crippen molar-refractivity contribution in [2.45, 2.75) is 20.8 Å². The Morgan fingerprint density at radius 2 is 1.74 bits per heavy atom. The van der Waals surface area contributed by atoms with Crippen LogP contribution in [0.3, 0.4) is 0 Å². The van der Waals surface area contributed by atoms with Crippen LogP contribution in [0, 0.1) is 12.8 Å². The molecule has 0 fully saturated rings. The first-order valence-electron chi connectivity index (χ1n) is 7.81. The lowest BCUT2D eigenvalue weighted by Gasteiger charge is -2.09. The van der Waals surface area contributed by atoms with Crippen LogP contribution in [0.4, 0.5) is 5.69 Å². The van der Waals surface area contributed by atoms with Crippen LogP contribution in [0.5, 0.6) is 5.75 Å². The van der Waals surface area contributed by atoms with Gasteiger partial charge >= 0.3 is 0 Å². The quantitative estimate of drug-likeness (QED) is 0.787. The average molecular weight is 309 g/mol. The minimum Gasteiger partial charge on any atom is -0.493 e. The first-order valence-corrected chi connectivity index (χ1v) is 7.81. The number of ether oxygens (including phenoxy) is 1. The van der Waals surface area contributed by atoms with Crippen LogP contribution in [0.2, 0.25) is 0 Å². The molecule has 0 heterocycles. The topological polar surface area (TPSA) is 38.3 Å². The molecule has 0 spiro atoms. The van der Waals surface area contributed by atoms with Crippen molar-refractivity contribution in [1.29, 1.82) is 0 Å². The molecule has 3 nitrogen and oxygen atoms in total. The van der Waals surface area contributed by atoms with E-state index in [1.807, 2.05) is 55.5 Å². The Bertz CT molecular complexity index is 655. The molecule has 3 heteroatoms. The van der Waals surface area contributed by atoms with Crippen molar-refractivity contribution in [1.82, 2.24) is 0 Å². The van der Waals surface area contributed by atoms with Gasteiger partial charge in [-0.2, -0.15) is 0 Å². The highest BCUT2D eigenvalue weighted by atomic mass is 16.5. The largest absolute Gasteiger partial charge is 0.493 e. The second-order valence-electron chi connectivity index (χ2n) is 5.96. The van der Waals surface area contributed by atoms with Crippen LogP contribution < -0.4 is 10.1 Å². The Balaban J connectivity index is 1.88. The Hall–Kier alpha value is -2.55. The van der Waals surface area contributed by atoms with Gasteiger partial charge in [-0.25, -0.2) is 0 Å². The van der Waals surface area contributed by atoms with Gasteiger partial charge in [-0.3, -0.25) is 4.79 Å². The molecule has 0 aliphatic carbocycles. The third kappa shape index (κ3) is 5.99. The molecule has 0 bridgehead atoms. The Labute approximate surface area is 138 Å². The molecule has 2 rings (SSSR count). The van der Waals surface area contributed by atoms with Gasteiger partial charge in [0.25, 0.3) is 0 Å². The van der Waals surface area contributed by atoms with Gasteiger partial charge in [0.1, 0.15) is 5.75 Å². The van der Waals surface area contributed by atoms with Gasteiger partial charge in [-0.05, 0) is 48.7 Å². The minimum atomic E-state index is -0.151. The van der Waals surface area contributed by atoms with Crippen LogP contribution in [-0.2, 0) is 4.79 Å². The third-order valence-corrected chi connectivity index (χ3v) is 3.21. The van der Waals surface area contributed by atoms with E-state index in [2.05, 4.69) is 19.2 Å². The number of hydrogen-bond donors (Lipinski definition) is 1. The second kappa shape index (κ2) is 8.18. The third-order valence-electron chi connectivity index (χ3n) is 3.21. The van der Waals surface area contributed by atoms with E-state index in [0.29, 0.717) is 12.5 Å². The predicted octanol–water partition coefficient (Wildman–Crippen LogP) is 4.68. The van der Waals surface area contributed by atoms with Crippen LogP contribution >= 0.6 is 0 Å². The van der Waals surface area contributed by atoms with Crippen molar-refractivity contribution >= 4 is 17.7 Å². The van der Waals surface area contributed by atoms with Gasteiger partial charge < -0.3 is 10.1 Å². The van der Waals surface area contributed by atoms with Gasteiger partial charge in [0.2, 0.25) is 5.91 Å². The molecule has 0 radical (unpaired) electrons. The summed E-state index contributed by atoms with van der Waals surface area (Å²) in [5.74, 6) is 1.15. The van der Waals surface area contributed by atoms with Gasteiger partial charge in [-0.1, -0.05) is 43.7 Å². The summed E-state index contributed by atoms with van der Waals surface area (Å²) in [7, 11) is 0. The number of aryl methyl sites for hydroxylation is 1. The molecule has 120 valence electrons. The lowest BCUT2D eigenvalue weighted by molar-refractivity contribution is -0.111. The van der Waals surface area contributed by atoms with Crippen LogP contribution in [0.25, 0.3) is 6.08 Å². The standard InChI is InChI=1S/C20H23NO2/c1-15(2)14-23-19-11-9-18(10-12-19)21-20(22)13-8-17-6-4-16(3)5-7-17/h4-13,15H,14H2,1-3H3,(H,21,22)/b13-8+. The molecule has 0 aromatic heterocycles. The van der Waals surface area contributed by atoms with Crippen molar-refractivity contribution in [2.24, 2.45) is 5.92 Å². The first kappa shape index (κ1) is 16.8.